The summed E-state index contributed by atoms with van der Waals surface area (Å²) in [6, 6.07) is 17.1. The Morgan fingerprint density at radius 3 is 2.33 bits per heavy atom. The van der Waals surface area contributed by atoms with Gasteiger partial charge in [0.15, 0.2) is 5.13 Å². The summed E-state index contributed by atoms with van der Waals surface area (Å²) in [4.78, 5) is 29.3. The summed E-state index contributed by atoms with van der Waals surface area (Å²) in [6.07, 6.45) is 0. The van der Waals surface area contributed by atoms with Crippen LogP contribution in [0, 0.1) is 6.92 Å². The first-order valence-electron chi connectivity index (χ1n) is 8.33. The molecule has 0 bridgehead atoms. The minimum atomic E-state index is -0.415. The number of amides is 2. The minimum absolute atomic E-state index is 0.115. The van der Waals surface area contributed by atoms with Crippen molar-refractivity contribution in [2.75, 3.05) is 10.6 Å². The number of rotatable bonds is 6. The zero-order valence-corrected chi connectivity index (χ0v) is 16.6. The van der Waals surface area contributed by atoms with Gasteiger partial charge in [0.2, 0.25) is 11.8 Å². The molecule has 0 radical (unpaired) electrons. The van der Waals surface area contributed by atoms with E-state index in [2.05, 4.69) is 15.6 Å². The van der Waals surface area contributed by atoms with Crippen molar-refractivity contribution in [1.29, 1.82) is 0 Å². The van der Waals surface area contributed by atoms with E-state index in [0.29, 0.717) is 5.13 Å². The van der Waals surface area contributed by atoms with Gasteiger partial charge in [0.25, 0.3) is 0 Å². The Bertz CT molecular complexity index is 924. The van der Waals surface area contributed by atoms with Crippen molar-refractivity contribution in [3.63, 3.8) is 0 Å². The summed E-state index contributed by atoms with van der Waals surface area (Å²) in [7, 11) is 0. The monoisotopic (exact) mass is 397 g/mol. The van der Waals surface area contributed by atoms with E-state index in [1.807, 2.05) is 66.9 Å². The van der Waals surface area contributed by atoms with Crippen LogP contribution in [0.2, 0.25) is 0 Å². The maximum atomic E-state index is 12.9. The average Bonchev–Trinajstić information content (AvgIpc) is 3.06. The second-order valence-corrected chi connectivity index (χ2v) is 7.93. The molecule has 27 heavy (non-hydrogen) atoms. The quantitative estimate of drug-likeness (QED) is 0.582. The summed E-state index contributed by atoms with van der Waals surface area (Å²) in [5.41, 5.74) is 2.53. The van der Waals surface area contributed by atoms with E-state index in [0.717, 1.165) is 21.8 Å². The Morgan fingerprint density at radius 1 is 1.04 bits per heavy atom. The van der Waals surface area contributed by atoms with Gasteiger partial charge in [0, 0.05) is 22.9 Å². The van der Waals surface area contributed by atoms with Crippen molar-refractivity contribution in [3.05, 3.63) is 71.2 Å². The maximum Gasteiger partial charge on any atom is 0.244 e. The van der Waals surface area contributed by atoms with Crippen LogP contribution in [-0.2, 0) is 9.59 Å². The van der Waals surface area contributed by atoms with Crippen LogP contribution >= 0.6 is 23.1 Å². The van der Waals surface area contributed by atoms with Crippen LogP contribution in [0.4, 0.5) is 10.8 Å². The van der Waals surface area contributed by atoms with Crippen LogP contribution in [0.15, 0.2) is 64.9 Å². The molecule has 2 N–H and O–H groups in total. The van der Waals surface area contributed by atoms with Crippen molar-refractivity contribution >= 4 is 45.7 Å². The molecule has 0 saturated carbocycles. The number of benzene rings is 2. The lowest BCUT2D eigenvalue weighted by atomic mass is 10.1. The van der Waals surface area contributed by atoms with Gasteiger partial charge in [-0.1, -0.05) is 30.3 Å². The van der Waals surface area contributed by atoms with Crippen LogP contribution in [0.25, 0.3) is 0 Å². The molecule has 2 aromatic carbocycles. The molecule has 5 nitrogen and oxygen atoms in total. The van der Waals surface area contributed by atoms with E-state index >= 15 is 0 Å². The van der Waals surface area contributed by atoms with Crippen molar-refractivity contribution in [1.82, 2.24) is 4.98 Å². The lowest BCUT2D eigenvalue weighted by Crippen LogP contribution is -2.19. The van der Waals surface area contributed by atoms with Gasteiger partial charge >= 0.3 is 0 Å². The molecule has 3 rings (SSSR count). The molecule has 1 heterocycles. The van der Waals surface area contributed by atoms with Crippen molar-refractivity contribution in [2.24, 2.45) is 0 Å². The average molecular weight is 398 g/mol. The highest BCUT2D eigenvalue weighted by Gasteiger charge is 2.23. The lowest BCUT2D eigenvalue weighted by molar-refractivity contribution is -0.116. The van der Waals surface area contributed by atoms with Gasteiger partial charge in [-0.05, 0) is 36.8 Å². The van der Waals surface area contributed by atoms with Gasteiger partial charge in [-0.25, -0.2) is 4.98 Å². The third kappa shape index (κ3) is 5.42. The number of carbonyl (C=O) groups is 2. The number of carbonyl (C=O) groups excluding carboxylic acids is 2. The predicted octanol–water partition coefficient (Wildman–Crippen LogP) is 4.88. The van der Waals surface area contributed by atoms with Crippen molar-refractivity contribution in [3.8, 4) is 0 Å². The zero-order valence-electron chi connectivity index (χ0n) is 14.9. The Labute approximate surface area is 166 Å². The van der Waals surface area contributed by atoms with Gasteiger partial charge in [-0.3, -0.25) is 9.59 Å². The second kappa shape index (κ2) is 8.83. The van der Waals surface area contributed by atoms with E-state index in [-0.39, 0.29) is 11.8 Å². The fourth-order valence-electron chi connectivity index (χ4n) is 2.44. The smallest absolute Gasteiger partial charge is 0.244 e. The first-order valence-corrected chi connectivity index (χ1v) is 10.1. The molecule has 3 aromatic rings. The number of thiazole rings is 1. The van der Waals surface area contributed by atoms with E-state index in [9.17, 15) is 9.59 Å². The summed E-state index contributed by atoms with van der Waals surface area (Å²) in [6.45, 7) is 3.37. The van der Waals surface area contributed by atoms with Gasteiger partial charge < -0.3 is 10.6 Å². The normalized spacial score (nSPS) is 11.6. The number of aryl methyl sites for hydroxylation is 1. The molecule has 0 aliphatic carbocycles. The molecule has 1 atom stereocenters. The maximum absolute atomic E-state index is 12.9. The molecule has 0 aliphatic rings. The lowest BCUT2D eigenvalue weighted by Gasteiger charge is -2.16. The molecule has 1 aromatic heterocycles. The van der Waals surface area contributed by atoms with Crippen molar-refractivity contribution in [2.45, 2.75) is 24.0 Å². The third-order valence-electron chi connectivity index (χ3n) is 3.62. The highest BCUT2D eigenvalue weighted by molar-refractivity contribution is 8.00. The number of hydrogen-bond acceptors (Lipinski definition) is 5. The van der Waals surface area contributed by atoms with Crippen LogP contribution in [-0.4, -0.2) is 16.8 Å². The highest BCUT2D eigenvalue weighted by Crippen LogP contribution is 2.36. The highest BCUT2D eigenvalue weighted by atomic mass is 32.2. The number of anilines is 2. The minimum Gasteiger partial charge on any atom is -0.326 e. The topological polar surface area (TPSA) is 71.1 Å². The summed E-state index contributed by atoms with van der Waals surface area (Å²) in [5.74, 6) is -0.234. The summed E-state index contributed by atoms with van der Waals surface area (Å²) >= 11 is 2.87. The molecular weight excluding hydrogens is 378 g/mol. The van der Waals surface area contributed by atoms with Gasteiger partial charge in [0.1, 0.15) is 5.25 Å². The molecule has 0 fully saturated rings. The first-order chi connectivity index (χ1) is 13.0. The van der Waals surface area contributed by atoms with E-state index in [1.165, 1.54) is 30.0 Å². The first kappa shape index (κ1) is 19.1. The molecule has 0 spiro atoms. The second-order valence-electron chi connectivity index (χ2n) is 5.90. The van der Waals surface area contributed by atoms with Crippen LogP contribution in [0.3, 0.4) is 0 Å². The molecule has 138 valence electrons. The molecule has 7 heteroatoms. The van der Waals surface area contributed by atoms with Crippen LogP contribution < -0.4 is 10.6 Å². The SMILES string of the molecule is CC(=O)Nc1ccc(SC(C(=O)Nc2nc(C)cs2)c2ccccc2)cc1. The van der Waals surface area contributed by atoms with Gasteiger partial charge in [-0.2, -0.15) is 0 Å². The van der Waals surface area contributed by atoms with Crippen LogP contribution in [0.5, 0.6) is 0 Å². The molecular formula is C20H19N3O2S2. The Hall–Kier alpha value is -2.64. The number of nitrogens with zero attached hydrogens (tertiary/aromatic N) is 1. The molecule has 1 unspecified atom stereocenters. The standard InChI is InChI=1S/C20H19N3O2S2/c1-13-12-26-20(21-13)23-19(25)18(15-6-4-3-5-7-15)27-17-10-8-16(9-11-17)22-14(2)24/h3-12,18H,1-2H3,(H,22,24)(H,21,23,25). The van der Waals surface area contributed by atoms with Crippen molar-refractivity contribution < 1.29 is 9.59 Å². The summed E-state index contributed by atoms with van der Waals surface area (Å²) < 4.78 is 0. The van der Waals surface area contributed by atoms with Gasteiger partial charge in [-0.15, -0.1) is 23.1 Å². The van der Waals surface area contributed by atoms with Crippen LogP contribution in [0.1, 0.15) is 23.4 Å². The zero-order chi connectivity index (χ0) is 19.2. The number of thioether (sulfide) groups is 1. The third-order valence-corrected chi connectivity index (χ3v) is 5.76. The fraction of sp³-hybridized carbons (Fsp3) is 0.150. The number of hydrogen-bond donors (Lipinski definition) is 2. The van der Waals surface area contributed by atoms with E-state index < -0.39 is 5.25 Å². The van der Waals surface area contributed by atoms with E-state index in [4.69, 9.17) is 0 Å². The molecule has 0 aliphatic heterocycles. The Morgan fingerprint density at radius 2 is 1.74 bits per heavy atom. The Balaban J connectivity index is 1.80. The number of nitrogens with one attached hydrogen (secondary N) is 2. The summed E-state index contributed by atoms with van der Waals surface area (Å²) in [5, 5.41) is 7.74. The molecule has 0 saturated heterocycles. The van der Waals surface area contributed by atoms with E-state index in [1.54, 1.807) is 0 Å². The van der Waals surface area contributed by atoms with Gasteiger partial charge in [0.05, 0.1) is 5.69 Å². The largest absolute Gasteiger partial charge is 0.326 e. The molecule has 2 amide bonds. The predicted molar refractivity (Wildman–Crippen MR) is 111 cm³/mol. The Kier molecular flexibility index (Phi) is 6.26. The fourth-order valence-corrected chi connectivity index (χ4v) is 4.15. The number of aromatic nitrogens is 1.